The number of imidazole rings is 1. The highest BCUT2D eigenvalue weighted by atomic mass is 15.1. The van der Waals surface area contributed by atoms with E-state index in [-0.39, 0.29) is 10.8 Å². The van der Waals surface area contributed by atoms with Gasteiger partial charge in [0.1, 0.15) is 5.82 Å². The highest BCUT2D eigenvalue weighted by molar-refractivity contribution is 6.23. The summed E-state index contributed by atoms with van der Waals surface area (Å²) in [5.74, 6) is 1.03. The molecule has 5 aliphatic carbocycles. The smallest absolute Gasteiger partial charge is 0.141 e. The molecular weight excluding hydrogens is 905 g/mol. The van der Waals surface area contributed by atoms with Gasteiger partial charge in [0, 0.05) is 16.5 Å². The topological polar surface area (TPSA) is 17.8 Å². The molecule has 0 amide bonds. The average Bonchev–Trinajstić information content (AvgIpc) is 4.35. The van der Waals surface area contributed by atoms with Gasteiger partial charge in [0.2, 0.25) is 0 Å². The molecule has 0 atom stereocenters. The maximum absolute atomic E-state index is 5.21. The van der Waals surface area contributed by atoms with Crippen LogP contribution in [0.2, 0.25) is 0 Å². The first-order valence-corrected chi connectivity index (χ1v) is 27.7. The lowest BCUT2D eigenvalue weighted by Gasteiger charge is -2.28. The summed E-state index contributed by atoms with van der Waals surface area (Å²) < 4.78 is 2.36. The Labute approximate surface area is 439 Å². The number of para-hydroxylation sites is 2. The Hall–Kier alpha value is -8.33. The first-order valence-electron chi connectivity index (χ1n) is 27.7. The number of benzene rings is 10. The number of fused-ring (bicyclic) bond motifs is 13. The molecule has 0 radical (unpaired) electrons. The summed E-state index contributed by atoms with van der Waals surface area (Å²) in [6.45, 7) is 0. The molecule has 0 aliphatic heterocycles. The number of allylic oxidation sites excluding steroid dienone is 4. The van der Waals surface area contributed by atoms with Crippen LogP contribution in [0.25, 0.3) is 111 Å². The summed E-state index contributed by atoms with van der Waals surface area (Å²) in [6, 6.07) is 77.2. The molecule has 2 fully saturated rings. The van der Waals surface area contributed by atoms with Crippen molar-refractivity contribution in [1.82, 2.24) is 9.55 Å². The monoisotopic (exact) mass is 960 g/mol. The van der Waals surface area contributed by atoms with E-state index in [0.29, 0.717) is 0 Å². The third kappa shape index (κ3) is 6.36. The van der Waals surface area contributed by atoms with Crippen LogP contribution < -0.4 is 0 Å². The lowest BCUT2D eigenvalue weighted by molar-refractivity contribution is 0.550. The fraction of sp³-hybridized carbons (Fsp3) is 0.164. The zero-order valence-corrected chi connectivity index (χ0v) is 42.3. The minimum atomic E-state index is 0.0592. The van der Waals surface area contributed by atoms with Crippen LogP contribution in [0.1, 0.15) is 92.3 Å². The van der Waals surface area contributed by atoms with Crippen LogP contribution in [-0.4, -0.2) is 9.55 Å². The predicted molar refractivity (Wildman–Crippen MR) is 314 cm³/mol. The van der Waals surface area contributed by atoms with E-state index in [4.69, 9.17) is 4.98 Å². The van der Waals surface area contributed by atoms with Gasteiger partial charge in [-0.15, -0.1) is 0 Å². The van der Waals surface area contributed by atoms with Crippen LogP contribution in [0.5, 0.6) is 0 Å². The van der Waals surface area contributed by atoms with Crippen LogP contribution in [0.15, 0.2) is 218 Å². The summed E-state index contributed by atoms with van der Waals surface area (Å²) >= 11 is 0. The summed E-state index contributed by atoms with van der Waals surface area (Å²) in [5.41, 5.74) is 26.6. The molecule has 2 nitrogen and oxygen atoms in total. The van der Waals surface area contributed by atoms with Gasteiger partial charge >= 0.3 is 0 Å². The van der Waals surface area contributed by atoms with Crippen molar-refractivity contribution in [3.63, 3.8) is 0 Å². The van der Waals surface area contributed by atoms with Crippen LogP contribution in [0.3, 0.4) is 0 Å². The third-order valence-corrected chi connectivity index (χ3v) is 18.6. The Balaban J connectivity index is 0.945. The molecule has 1 aromatic heterocycles. The summed E-state index contributed by atoms with van der Waals surface area (Å²) in [5, 5.41) is 5.19. The molecule has 2 spiro atoms. The Morgan fingerprint density at radius 1 is 0.387 bits per heavy atom. The minimum Gasteiger partial charge on any atom is -0.293 e. The maximum Gasteiger partial charge on any atom is 0.141 e. The molecule has 5 aliphatic rings. The highest BCUT2D eigenvalue weighted by Crippen LogP contribution is 2.60. The first kappa shape index (κ1) is 43.1. The van der Waals surface area contributed by atoms with Gasteiger partial charge in [0.15, 0.2) is 0 Å². The van der Waals surface area contributed by atoms with E-state index in [9.17, 15) is 0 Å². The van der Waals surface area contributed by atoms with Crippen molar-refractivity contribution in [2.24, 2.45) is 0 Å². The van der Waals surface area contributed by atoms with Gasteiger partial charge in [-0.3, -0.25) is 4.57 Å². The zero-order valence-electron chi connectivity index (χ0n) is 42.3. The Morgan fingerprint density at radius 2 is 0.880 bits per heavy atom. The molecular formula is C73H56N2. The minimum absolute atomic E-state index is 0.0592. The molecule has 1 heterocycles. The second-order valence-electron chi connectivity index (χ2n) is 22.3. The highest BCUT2D eigenvalue weighted by Gasteiger charge is 2.46. The summed E-state index contributed by atoms with van der Waals surface area (Å²) in [6.07, 6.45) is 18.6. The van der Waals surface area contributed by atoms with Crippen molar-refractivity contribution in [2.75, 3.05) is 0 Å². The SMILES string of the molecule is C1=CCCC(c2nc3ccccc3n2-c2ccc(-c3ccc4c(-c5ccc6c(c5)C5(CCCC5)c5ccccc5-6)c5cc(-c6ccccc6)ccc5c(-c5ccc6c(c5)C5(CCCC5)c5ccccc5-6)c4c3)cc2)=C1. The predicted octanol–water partition coefficient (Wildman–Crippen LogP) is 19.4. The molecule has 0 bridgehead atoms. The second-order valence-corrected chi connectivity index (χ2v) is 22.3. The van der Waals surface area contributed by atoms with Gasteiger partial charge in [-0.05, 0) is 203 Å². The number of nitrogens with zero attached hydrogens (tertiary/aromatic N) is 2. The van der Waals surface area contributed by atoms with Crippen LogP contribution in [0.4, 0.5) is 0 Å². The van der Waals surface area contributed by atoms with Crippen LogP contribution in [0, 0.1) is 0 Å². The van der Waals surface area contributed by atoms with Gasteiger partial charge in [-0.1, -0.05) is 196 Å². The standard InChI is InChI=1S/C73H56N2/c1-3-17-47(18-4-1)50-29-37-59-61(43-50)69(52-31-35-57-55-21-7-9-23-63(55)72(65(57)45-52)39-13-14-40-72)60-38-30-51(48-27-33-54(34-28-48)75-68-26-12-11-25-67(68)74-71(75)49-19-5-2-6-20-49)44-62(60)70(59)53-32-36-58-56-22-8-10-24-64(56)73(66(58)46-53)41-15-16-42-73/h1-5,7-12,17-19,21-38,43-46H,6,13-16,20,39-42H2. The second kappa shape index (κ2) is 16.6. The molecule has 10 aromatic carbocycles. The first-order chi connectivity index (χ1) is 37.1. The fourth-order valence-electron chi connectivity index (χ4n) is 15.2. The number of hydrogen-bond donors (Lipinski definition) is 0. The molecule has 16 rings (SSSR count). The van der Waals surface area contributed by atoms with Crippen molar-refractivity contribution < 1.29 is 0 Å². The van der Waals surface area contributed by atoms with E-state index >= 15 is 0 Å². The van der Waals surface area contributed by atoms with Crippen LogP contribution >= 0.6 is 0 Å². The lowest BCUT2D eigenvalue weighted by atomic mass is 9.75. The third-order valence-electron chi connectivity index (χ3n) is 18.6. The molecule has 0 N–H and O–H groups in total. The molecule has 2 saturated carbocycles. The quantitative estimate of drug-likeness (QED) is 0.152. The van der Waals surface area contributed by atoms with Gasteiger partial charge in [0.05, 0.1) is 11.0 Å². The summed E-state index contributed by atoms with van der Waals surface area (Å²) in [4.78, 5) is 5.21. The van der Waals surface area contributed by atoms with E-state index in [2.05, 4.69) is 223 Å². The van der Waals surface area contributed by atoms with E-state index < -0.39 is 0 Å². The molecule has 11 aromatic rings. The molecule has 75 heavy (non-hydrogen) atoms. The van der Waals surface area contributed by atoms with E-state index in [1.165, 1.54) is 167 Å². The van der Waals surface area contributed by atoms with Gasteiger partial charge < -0.3 is 0 Å². The average molecular weight is 961 g/mol. The largest absolute Gasteiger partial charge is 0.293 e. The van der Waals surface area contributed by atoms with Crippen molar-refractivity contribution in [2.45, 2.75) is 75.0 Å². The van der Waals surface area contributed by atoms with Gasteiger partial charge in [-0.25, -0.2) is 4.98 Å². The lowest BCUT2D eigenvalue weighted by Crippen LogP contribution is -2.20. The van der Waals surface area contributed by atoms with Crippen LogP contribution in [-0.2, 0) is 10.8 Å². The number of rotatable bonds is 6. The number of aromatic nitrogens is 2. The van der Waals surface area contributed by atoms with Crippen molar-refractivity contribution >= 4 is 38.2 Å². The van der Waals surface area contributed by atoms with Gasteiger partial charge in [0.25, 0.3) is 0 Å². The number of hydrogen-bond acceptors (Lipinski definition) is 1. The maximum atomic E-state index is 5.21. The molecule has 358 valence electrons. The molecule has 0 unspecified atom stereocenters. The molecule has 0 saturated heterocycles. The summed E-state index contributed by atoms with van der Waals surface area (Å²) in [7, 11) is 0. The van der Waals surface area contributed by atoms with Gasteiger partial charge in [-0.2, -0.15) is 0 Å². The van der Waals surface area contributed by atoms with E-state index in [1.807, 2.05) is 0 Å². The van der Waals surface area contributed by atoms with Crippen molar-refractivity contribution in [3.05, 3.63) is 246 Å². The molecule has 2 heteroatoms. The Kier molecular flexibility index (Phi) is 9.53. The van der Waals surface area contributed by atoms with E-state index in [1.54, 1.807) is 0 Å². The van der Waals surface area contributed by atoms with Crippen molar-refractivity contribution in [1.29, 1.82) is 0 Å². The normalized spacial score (nSPS) is 16.5. The Morgan fingerprint density at radius 3 is 1.45 bits per heavy atom. The fourth-order valence-corrected chi connectivity index (χ4v) is 15.2. The Bertz CT molecular complexity index is 4230. The van der Waals surface area contributed by atoms with Crippen molar-refractivity contribution in [3.8, 4) is 72.4 Å². The van der Waals surface area contributed by atoms with E-state index in [0.717, 1.165) is 35.4 Å². The zero-order chi connectivity index (χ0) is 49.2.